The van der Waals surface area contributed by atoms with Crippen molar-refractivity contribution in [3.63, 3.8) is 0 Å². The lowest BCUT2D eigenvalue weighted by molar-refractivity contribution is -0.134. The number of benzene rings is 2. The number of esters is 1. The van der Waals surface area contributed by atoms with Crippen molar-refractivity contribution in [3.8, 4) is 5.75 Å². The van der Waals surface area contributed by atoms with Crippen LogP contribution in [0.15, 0.2) is 53.0 Å². The Kier molecular flexibility index (Phi) is 6.58. The molecule has 0 saturated heterocycles. The summed E-state index contributed by atoms with van der Waals surface area (Å²) >= 11 is 3.34. The fourth-order valence-corrected chi connectivity index (χ4v) is 2.77. The highest BCUT2D eigenvalue weighted by Gasteiger charge is 2.18. The standard InChI is InChI=1S/C19H20BrNO4/c1-13(14-7-5-4-6-8-14)21(2)18(22)12-25-17-10-9-15(11-16(17)20)19(23)24-3/h4-11,13H,12H2,1-3H3. The van der Waals surface area contributed by atoms with E-state index in [2.05, 4.69) is 20.7 Å². The van der Waals surface area contributed by atoms with Crippen LogP contribution in [0.5, 0.6) is 5.75 Å². The van der Waals surface area contributed by atoms with Crippen LogP contribution in [-0.2, 0) is 9.53 Å². The number of rotatable bonds is 6. The van der Waals surface area contributed by atoms with Crippen LogP contribution in [0.3, 0.4) is 0 Å². The van der Waals surface area contributed by atoms with Crippen LogP contribution in [0.2, 0.25) is 0 Å². The molecule has 2 rings (SSSR count). The highest BCUT2D eigenvalue weighted by Crippen LogP contribution is 2.26. The van der Waals surface area contributed by atoms with Crippen molar-refractivity contribution in [2.45, 2.75) is 13.0 Å². The van der Waals surface area contributed by atoms with Gasteiger partial charge in [-0.15, -0.1) is 0 Å². The van der Waals surface area contributed by atoms with Crippen molar-refractivity contribution in [2.75, 3.05) is 20.8 Å². The molecule has 5 nitrogen and oxygen atoms in total. The summed E-state index contributed by atoms with van der Waals surface area (Å²) in [4.78, 5) is 25.5. The van der Waals surface area contributed by atoms with Gasteiger partial charge in [0.2, 0.25) is 0 Å². The largest absolute Gasteiger partial charge is 0.483 e. The number of carbonyl (C=O) groups is 2. The molecule has 1 amide bonds. The van der Waals surface area contributed by atoms with Crippen molar-refractivity contribution in [2.24, 2.45) is 0 Å². The van der Waals surface area contributed by atoms with Crippen LogP contribution in [0.4, 0.5) is 0 Å². The number of ether oxygens (including phenoxy) is 2. The lowest BCUT2D eigenvalue weighted by atomic mass is 10.1. The Labute approximate surface area is 155 Å². The molecule has 0 aliphatic heterocycles. The molecule has 0 fully saturated rings. The molecule has 25 heavy (non-hydrogen) atoms. The normalized spacial score (nSPS) is 11.5. The van der Waals surface area contributed by atoms with Crippen LogP contribution in [0.25, 0.3) is 0 Å². The quantitative estimate of drug-likeness (QED) is 0.685. The van der Waals surface area contributed by atoms with Crippen LogP contribution in [0.1, 0.15) is 28.9 Å². The van der Waals surface area contributed by atoms with Gasteiger partial charge in [0, 0.05) is 7.05 Å². The Hall–Kier alpha value is -2.34. The lowest BCUT2D eigenvalue weighted by Gasteiger charge is -2.25. The second-order valence-electron chi connectivity index (χ2n) is 5.52. The topological polar surface area (TPSA) is 55.8 Å². The minimum Gasteiger partial charge on any atom is -0.483 e. The molecule has 1 atom stereocenters. The van der Waals surface area contributed by atoms with Gasteiger partial charge in [0.15, 0.2) is 6.61 Å². The van der Waals surface area contributed by atoms with Gasteiger partial charge in [-0.1, -0.05) is 30.3 Å². The molecule has 0 heterocycles. The smallest absolute Gasteiger partial charge is 0.337 e. The van der Waals surface area contributed by atoms with Crippen molar-refractivity contribution >= 4 is 27.8 Å². The average Bonchev–Trinajstić information content (AvgIpc) is 2.65. The number of amides is 1. The molecule has 0 spiro atoms. The zero-order valence-corrected chi connectivity index (χ0v) is 15.9. The molecule has 0 saturated carbocycles. The van der Waals surface area contributed by atoms with E-state index in [1.165, 1.54) is 7.11 Å². The zero-order chi connectivity index (χ0) is 18.4. The fourth-order valence-electron chi connectivity index (χ4n) is 2.28. The highest BCUT2D eigenvalue weighted by molar-refractivity contribution is 9.10. The third kappa shape index (κ3) is 4.82. The summed E-state index contributed by atoms with van der Waals surface area (Å²) in [6.07, 6.45) is 0. The van der Waals surface area contributed by atoms with Gasteiger partial charge in [-0.3, -0.25) is 4.79 Å². The maximum Gasteiger partial charge on any atom is 0.337 e. The zero-order valence-electron chi connectivity index (χ0n) is 14.4. The second kappa shape index (κ2) is 8.67. The molecule has 0 aliphatic carbocycles. The highest BCUT2D eigenvalue weighted by atomic mass is 79.9. The van der Waals surface area contributed by atoms with Crippen molar-refractivity contribution in [1.82, 2.24) is 4.90 Å². The molecule has 0 radical (unpaired) electrons. The molecule has 1 unspecified atom stereocenters. The molecule has 6 heteroatoms. The molecule has 0 aromatic heterocycles. The van der Waals surface area contributed by atoms with E-state index in [-0.39, 0.29) is 18.6 Å². The number of methoxy groups -OCH3 is 1. The first kappa shape index (κ1) is 19.0. The van der Waals surface area contributed by atoms with E-state index < -0.39 is 5.97 Å². The predicted molar refractivity (Wildman–Crippen MR) is 98.6 cm³/mol. The first-order valence-electron chi connectivity index (χ1n) is 7.75. The Balaban J connectivity index is 1.98. The molecular weight excluding hydrogens is 386 g/mol. The van der Waals surface area contributed by atoms with Crippen molar-refractivity contribution in [1.29, 1.82) is 0 Å². The van der Waals surface area contributed by atoms with Crippen LogP contribution in [-0.4, -0.2) is 37.5 Å². The van der Waals surface area contributed by atoms with Crippen LogP contribution >= 0.6 is 15.9 Å². The molecule has 2 aromatic rings. The molecule has 0 N–H and O–H groups in total. The van der Waals surface area contributed by atoms with E-state index in [0.29, 0.717) is 15.8 Å². The maximum absolute atomic E-state index is 12.4. The molecule has 2 aromatic carbocycles. The Bertz CT molecular complexity index is 748. The van der Waals surface area contributed by atoms with Gasteiger partial charge in [0.25, 0.3) is 5.91 Å². The molecule has 132 valence electrons. The minimum absolute atomic E-state index is 0.0533. The first-order chi connectivity index (χ1) is 11.9. The van der Waals surface area contributed by atoms with Gasteiger partial charge >= 0.3 is 5.97 Å². The van der Waals surface area contributed by atoms with Gasteiger partial charge in [-0.2, -0.15) is 0 Å². The van der Waals surface area contributed by atoms with Crippen LogP contribution < -0.4 is 4.74 Å². The lowest BCUT2D eigenvalue weighted by Crippen LogP contribution is -2.33. The summed E-state index contributed by atoms with van der Waals surface area (Å²) in [5.74, 6) is -0.0817. The Morgan fingerprint density at radius 1 is 1.16 bits per heavy atom. The number of carbonyl (C=O) groups excluding carboxylic acids is 2. The minimum atomic E-state index is -0.431. The van der Waals surface area contributed by atoms with Gasteiger partial charge in [0.05, 0.1) is 23.2 Å². The summed E-state index contributed by atoms with van der Waals surface area (Å²) in [6.45, 7) is 1.87. The predicted octanol–water partition coefficient (Wildman–Crippen LogP) is 3.83. The summed E-state index contributed by atoms with van der Waals surface area (Å²) in [5, 5.41) is 0. The fraction of sp³-hybridized carbons (Fsp3) is 0.263. The number of nitrogens with zero attached hydrogens (tertiary/aromatic N) is 1. The average molecular weight is 406 g/mol. The number of hydrogen-bond acceptors (Lipinski definition) is 4. The molecular formula is C19H20BrNO4. The number of hydrogen-bond donors (Lipinski definition) is 0. The summed E-state index contributed by atoms with van der Waals surface area (Å²) in [5.41, 5.74) is 1.46. The Morgan fingerprint density at radius 3 is 2.44 bits per heavy atom. The van der Waals surface area contributed by atoms with Gasteiger partial charge in [-0.05, 0) is 46.6 Å². The van der Waals surface area contributed by atoms with Gasteiger partial charge < -0.3 is 14.4 Å². The van der Waals surface area contributed by atoms with E-state index in [4.69, 9.17) is 4.74 Å². The van der Waals surface area contributed by atoms with Gasteiger partial charge in [-0.25, -0.2) is 4.79 Å². The molecule has 0 aliphatic rings. The monoisotopic (exact) mass is 405 g/mol. The SMILES string of the molecule is COC(=O)c1ccc(OCC(=O)N(C)C(C)c2ccccc2)c(Br)c1. The van der Waals surface area contributed by atoms with Crippen molar-refractivity contribution in [3.05, 3.63) is 64.1 Å². The van der Waals surface area contributed by atoms with Crippen molar-refractivity contribution < 1.29 is 19.1 Å². The van der Waals surface area contributed by atoms with E-state index in [1.807, 2.05) is 37.3 Å². The van der Waals surface area contributed by atoms with Crippen LogP contribution in [0, 0.1) is 0 Å². The molecule has 0 bridgehead atoms. The number of likely N-dealkylation sites (N-methyl/N-ethyl adjacent to an activating group) is 1. The number of halogens is 1. The van der Waals surface area contributed by atoms with E-state index in [1.54, 1.807) is 30.1 Å². The summed E-state index contributed by atoms with van der Waals surface area (Å²) in [7, 11) is 3.07. The van der Waals surface area contributed by atoms with E-state index in [0.717, 1.165) is 5.56 Å². The first-order valence-corrected chi connectivity index (χ1v) is 8.54. The third-order valence-electron chi connectivity index (χ3n) is 3.96. The Morgan fingerprint density at radius 2 is 1.84 bits per heavy atom. The second-order valence-corrected chi connectivity index (χ2v) is 6.37. The van der Waals surface area contributed by atoms with E-state index in [9.17, 15) is 9.59 Å². The summed E-state index contributed by atoms with van der Waals surface area (Å²) in [6, 6.07) is 14.6. The third-order valence-corrected chi connectivity index (χ3v) is 4.58. The van der Waals surface area contributed by atoms with Gasteiger partial charge in [0.1, 0.15) is 5.75 Å². The summed E-state index contributed by atoms with van der Waals surface area (Å²) < 4.78 is 10.8. The van der Waals surface area contributed by atoms with E-state index >= 15 is 0 Å². The maximum atomic E-state index is 12.4.